The highest BCUT2D eigenvalue weighted by atomic mass is 35.5. The number of pyridine rings is 1. The molecule has 1 atom stereocenters. The van der Waals surface area contributed by atoms with Gasteiger partial charge in [0, 0.05) is 35.7 Å². The lowest BCUT2D eigenvalue weighted by Gasteiger charge is -2.32. The van der Waals surface area contributed by atoms with Gasteiger partial charge >= 0.3 is 0 Å². The first-order chi connectivity index (χ1) is 12.3. The van der Waals surface area contributed by atoms with Gasteiger partial charge in [0.05, 0.1) is 18.8 Å². The molecule has 0 saturated carbocycles. The average molecular weight is 353 g/mol. The van der Waals surface area contributed by atoms with Gasteiger partial charge in [0.25, 0.3) is 0 Å². The van der Waals surface area contributed by atoms with Gasteiger partial charge in [-0.2, -0.15) is 0 Å². The molecule has 1 aliphatic heterocycles. The minimum atomic E-state index is -0.0917. The molecule has 25 heavy (non-hydrogen) atoms. The molecule has 3 aromatic rings. The minimum absolute atomic E-state index is 0.0917. The van der Waals surface area contributed by atoms with Crippen LogP contribution >= 0.6 is 11.6 Å². The molecular formula is C19H17ClN4O. The van der Waals surface area contributed by atoms with Crippen LogP contribution in [0, 0.1) is 0 Å². The normalized spacial score (nSPS) is 17.5. The largest absolute Gasteiger partial charge is 0.368 e. The molecule has 4 rings (SSSR count). The minimum Gasteiger partial charge on any atom is -0.368 e. The van der Waals surface area contributed by atoms with Gasteiger partial charge in [0.1, 0.15) is 6.10 Å². The standard InChI is InChI=1S/C19H17ClN4O/c20-16-4-1-3-14(11-16)15-5-6-17(23-12-15)18-13-24(9-10-25-18)19-21-7-2-8-22-19/h1-8,11-12,18H,9-10,13H2/t18-/m0/s1. The van der Waals surface area contributed by atoms with Crippen LogP contribution in [-0.4, -0.2) is 34.6 Å². The molecule has 2 aromatic heterocycles. The summed E-state index contributed by atoms with van der Waals surface area (Å²) >= 11 is 6.06. The fourth-order valence-electron chi connectivity index (χ4n) is 2.90. The molecule has 5 nitrogen and oxygen atoms in total. The molecule has 0 unspecified atom stereocenters. The fraction of sp³-hybridized carbons (Fsp3) is 0.211. The molecule has 6 heteroatoms. The van der Waals surface area contributed by atoms with Crippen molar-refractivity contribution < 1.29 is 4.74 Å². The first-order valence-electron chi connectivity index (χ1n) is 8.15. The van der Waals surface area contributed by atoms with Crippen LogP contribution in [0.1, 0.15) is 11.8 Å². The van der Waals surface area contributed by atoms with Gasteiger partial charge in [-0.15, -0.1) is 0 Å². The summed E-state index contributed by atoms with van der Waals surface area (Å²) in [5, 5.41) is 0.718. The smallest absolute Gasteiger partial charge is 0.225 e. The van der Waals surface area contributed by atoms with Crippen LogP contribution in [0.3, 0.4) is 0 Å². The van der Waals surface area contributed by atoms with Crippen molar-refractivity contribution in [3.8, 4) is 11.1 Å². The third-order valence-corrected chi connectivity index (χ3v) is 4.41. The molecular weight excluding hydrogens is 336 g/mol. The Hall–Kier alpha value is -2.50. The Labute approximate surface area is 151 Å². The lowest BCUT2D eigenvalue weighted by atomic mass is 10.1. The lowest BCUT2D eigenvalue weighted by molar-refractivity contribution is 0.0365. The fourth-order valence-corrected chi connectivity index (χ4v) is 3.09. The number of rotatable bonds is 3. The maximum absolute atomic E-state index is 6.06. The number of hydrogen-bond acceptors (Lipinski definition) is 5. The average Bonchev–Trinajstić information content (AvgIpc) is 2.69. The summed E-state index contributed by atoms with van der Waals surface area (Å²) in [5.74, 6) is 0.728. The molecule has 0 bridgehead atoms. The second-order valence-corrected chi connectivity index (χ2v) is 6.27. The Morgan fingerprint density at radius 2 is 1.88 bits per heavy atom. The van der Waals surface area contributed by atoms with Crippen LogP contribution in [0.25, 0.3) is 11.1 Å². The maximum atomic E-state index is 6.06. The Morgan fingerprint density at radius 1 is 1.00 bits per heavy atom. The summed E-state index contributed by atoms with van der Waals surface area (Å²) in [6.07, 6.45) is 5.28. The van der Waals surface area contributed by atoms with E-state index in [-0.39, 0.29) is 6.10 Å². The molecule has 3 heterocycles. The van der Waals surface area contributed by atoms with Crippen molar-refractivity contribution in [1.82, 2.24) is 15.0 Å². The second kappa shape index (κ2) is 7.17. The number of benzene rings is 1. The lowest BCUT2D eigenvalue weighted by Crippen LogP contribution is -2.39. The summed E-state index contributed by atoms with van der Waals surface area (Å²) in [5.41, 5.74) is 2.99. The first-order valence-corrected chi connectivity index (χ1v) is 8.53. The van der Waals surface area contributed by atoms with Gasteiger partial charge in [-0.25, -0.2) is 9.97 Å². The van der Waals surface area contributed by atoms with E-state index in [2.05, 4.69) is 25.9 Å². The van der Waals surface area contributed by atoms with Crippen LogP contribution in [0.2, 0.25) is 5.02 Å². The summed E-state index contributed by atoms with van der Waals surface area (Å²) < 4.78 is 5.90. The predicted molar refractivity (Wildman–Crippen MR) is 97.6 cm³/mol. The van der Waals surface area contributed by atoms with E-state index >= 15 is 0 Å². The molecule has 0 amide bonds. The van der Waals surface area contributed by atoms with E-state index in [1.54, 1.807) is 12.4 Å². The number of aromatic nitrogens is 3. The Morgan fingerprint density at radius 3 is 2.64 bits per heavy atom. The molecule has 1 saturated heterocycles. The maximum Gasteiger partial charge on any atom is 0.225 e. The number of anilines is 1. The zero-order valence-electron chi connectivity index (χ0n) is 13.5. The summed E-state index contributed by atoms with van der Waals surface area (Å²) in [7, 11) is 0. The molecule has 0 radical (unpaired) electrons. The molecule has 1 fully saturated rings. The predicted octanol–water partition coefficient (Wildman–Crippen LogP) is 3.77. The van der Waals surface area contributed by atoms with Crippen LogP contribution in [-0.2, 0) is 4.74 Å². The Balaban J connectivity index is 1.52. The SMILES string of the molecule is Clc1cccc(-c2ccc([C@@H]3CN(c4ncccn4)CCO3)nc2)c1. The summed E-state index contributed by atoms with van der Waals surface area (Å²) in [6.45, 7) is 2.09. The monoisotopic (exact) mass is 352 g/mol. The molecule has 126 valence electrons. The zero-order chi connectivity index (χ0) is 17.1. The van der Waals surface area contributed by atoms with E-state index < -0.39 is 0 Å². The molecule has 1 aliphatic rings. The van der Waals surface area contributed by atoms with Crippen molar-refractivity contribution in [2.75, 3.05) is 24.6 Å². The second-order valence-electron chi connectivity index (χ2n) is 5.84. The van der Waals surface area contributed by atoms with Gasteiger partial charge < -0.3 is 9.64 Å². The van der Waals surface area contributed by atoms with Crippen molar-refractivity contribution in [3.05, 3.63) is 71.8 Å². The number of morpholine rings is 1. The third kappa shape index (κ3) is 3.62. The van der Waals surface area contributed by atoms with Crippen LogP contribution in [0.15, 0.2) is 61.1 Å². The van der Waals surface area contributed by atoms with Crippen LogP contribution < -0.4 is 4.90 Å². The highest BCUT2D eigenvalue weighted by Gasteiger charge is 2.24. The van der Waals surface area contributed by atoms with Gasteiger partial charge in [0.2, 0.25) is 5.95 Å². The highest BCUT2D eigenvalue weighted by molar-refractivity contribution is 6.30. The summed E-state index contributed by atoms with van der Waals surface area (Å²) in [6, 6.07) is 13.6. The van der Waals surface area contributed by atoms with Crippen molar-refractivity contribution in [2.45, 2.75) is 6.10 Å². The third-order valence-electron chi connectivity index (χ3n) is 4.18. The topological polar surface area (TPSA) is 51.1 Å². The summed E-state index contributed by atoms with van der Waals surface area (Å²) in [4.78, 5) is 15.4. The van der Waals surface area contributed by atoms with E-state index in [9.17, 15) is 0 Å². The van der Waals surface area contributed by atoms with Crippen molar-refractivity contribution in [2.24, 2.45) is 0 Å². The molecule has 0 spiro atoms. The van der Waals surface area contributed by atoms with Gasteiger partial charge in [0.15, 0.2) is 0 Å². The number of hydrogen-bond donors (Lipinski definition) is 0. The Bertz CT molecular complexity index is 842. The van der Waals surface area contributed by atoms with Crippen LogP contribution in [0.5, 0.6) is 0 Å². The molecule has 0 N–H and O–H groups in total. The van der Waals surface area contributed by atoms with Crippen LogP contribution in [0.4, 0.5) is 5.95 Å². The van der Waals surface area contributed by atoms with E-state index in [0.717, 1.165) is 34.3 Å². The molecule has 1 aromatic carbocycles. The van der Waals surface area contributed by atoms with Gasteiger partial charge in [-0.3, -0.25) is 4.98 Å². The number of nitrogens with zero attached hydrogens (tertiary/aromatic N) is 4. The number of ether oxygens (including phenoxy) is 1. The van der Waals surface area contributed by atoms with Crippen molar-refractivity contribution in [3.63, 3.8) is 0 Å². The van der Waals surface area contributed by atoms with Gasteiger partial charge in [-0.05, 0) is 29.8 Å². The molecule has 0 aliphatic carbocycles. The van der Waals surface area contributed by atoms with Gasteiger partial charge in [-0.1, -0.05) is 29.8 Å². The van der Waals surface area contributed by atoms with E-state index in [4.69, 9.17) is 16.3 Å². The first kappa shape index (κ1) is 16.0. The van der Waals surface area contributed by atoms with Crippen molar-refractivity contribution >= 4 is 17.5 Å². The van der Waals surface area contributed by atoms with Crippen molar-refractivity contribution in [1.29, 1.82) is 0 Å². The zero-order valence-corrected chi connectivity index (χ0v) is 14.3. The highest BCUT2D eigenvalue weighted by Crippen LogP contribution is 2.26. The quantitative estimate of drug-likeness (QED) is 0.718. The van der Waals surface area contributed by atoms with E-state index in [1.165, 1.54) is 0 Å². The Kier molecular flexibility index (Phi) is 4.59. The van der Waals surface area contributed by atoms with E-state index in [0.29, 0.717) is 13.2 Å². The van der Waals surface area contributed by atoms with E-state index in [1.807, 2.05) is 42.6 Å². The number of halogens is 1.